The number of hydrogen-bond donors (Lipinski definition) is 2. The second-order valence-electron chi connectivity index (χ2n) is 8.25. The summed E-state index contributed by atoms with van der Waals surface area (Å²) in [4.78, 5) is 11.1. The summed E-state index contributed by atoms with van der Waals surface area (Å²) < 4.78 is 33.7. The normalized spacial score (nSPS) is 17.6. The number of pyridine rings is 2. The summed E-state index contributed by atoms with van der Waals surface area (Å²) >= 11 is 5.82. The van der Waals surface area contributed by atoms with Gasteiger partial charge in [-0.15, -0.1) is 0 Å². The van der Waals surface area contributed by atoms with Crippen molar-refractivity contribution < 1.29 is 13.2 Å². The molecule has 1 aliphatic heterocycles. The lowest BCUT2D eigenvalue weighted by Gasteiger charge is -2.29. The first-order valence-electron chi connectivity index (χ1n) is 11.1. The number of thiocarbonyl (C=S) groups is 1. The van der Waals surface area contributed by atoms with E-state index in [0.29, 0.717) is 16.5 Å². The Morgan fingerprint density at radius 2 is 1.81 bits per heavy atom. The zero-order chi connectivity index (χ0) is 25.3. The van der Waals surface area contributed by atoms with Gasteiger partial charge in [0, 0.05) is 36.0 Å². The van der Waals surface area contributed by atoms with Crippen molar-refractivity contribution in [3.63, 3.8) is 0 Å². The van der Waals surface area contributed by atoms with Crippen LogP contribution in [0.3, 0.4) is 0 Å². The van der Waals surface area contributed by atoms with E-state index < -0.39 is 10.0 Å². The van der Waals surface area contributed by atoms with Crippen molar-refractivity contribution in [1.82, 2.24) is 19.9 Å². The zero-order valence-corrected chi connectivity index (χ0v) is 21.2. The van der Waals surface area contributed by atoms with E-state index in [-0.39, 0.29) is 12.1 Å². The van der Waals surface area contributed by atoms with Gasteiger partial charge in [-0.1, -0.05) is 12.1 Å². The van der Waals surface area contributed by atoms with Crippen LogP contribution in [-0.2, 0) is 10.0 Å². The van der Waals surface area contributed by atoms with Crippen LogP contribution in [0.5, 0.6) is 5.75 Å². The van der Waals surface area contributed by atoms with Crippen molar-refractivity contribution in [2.75, 3.05) is 23.0 Å². The maximum atomic E-state index is 11.8. The monoisotopic (exact) mass is 520 g/mol. The molecule has 0 spiro atoms. The minimum atomic E-state index is -3.48. The molecule has 4 heterocycles. The van der Waals surface area contributed by atoms with Gasteiger partial charge < -0.3 is 19.5 Å². The number of nitrogens with one attached hydrogen (secondary N) is 2. The third-order valence-electron chi connectivity index (χ3n) is 5.84. The molecule has 11 heteroatoms. The molecule has 1 saturated heterocycles. The van der Waals surface area contributed by atoms with E-state index in [0.717, 1.165) is 29.1 Å². The fourth-order valence-electron chi connectivity index (χ4n) is 4.39. The van der Waals surface area contributed by atoms with Gasteiger partial charge in [0.25, 0.3) is 0 Å². The predicted molar refractivity (Wildman–Crippen MR) is 143 cm³/mol. The Morgan fingerprint density at radius 3 is 2.47 bits per heavy atom. The van der Waals surface area contributed by atoms with Crippen LogP contribution in [0, 0.1) is 0 Å². The molecular formula is C25H24N6O3S2. The van der Waals surface area contributed by atoms with Gasteiger partial charge in [0.1, 0.15) is 17.6 Å². The molecule has 5 rings (SSSR count). The van der Waals surface area contributed by atoms with Gasteiger partial charge in [0.15, 0.2) is 5.11 Å². The second kappa shape index (κ2) is 9.59. The molecule has 2 N–H and O–H groups in total. The summed E-state index contributed by atoms with van der Waals surface area (Å²) in [5, 5.41) is 3.94. The lowest BCUT2D eigenvalue weighted by Crippen LogP contribution is -2.30. The first-order valence-corrected chi connectivity index (χ1v) is 13.4. The third-order valence-corrected chi connectivity index (χ3v) is 6.74. The summed E-state index contributed by atoms with van der Waals surface area (Å²) in [5.41, 5.74) is 2.87. The van der Waals surface area contributed by atoms with Gasteiger partial charge in [-0.25, -0.2) is 13.4 Å². The molecule has 0 radical (unpaired) electrons. The van der Waals surface area contributed by atoms with E-state index in [1.54, 1.807) is 24.5 Å². The van der Waals surface area contributed by atoms with Gasteiger partial charge >= 0.3 is 0 Å². The molecule has 0 unspecified atom stereocenters. The Balaban J connectivity index is 1.64. The molecule has 9 nitrogen and oxygen atoms in total. The third kappa shape index (κ3) is 4.62. The molecule has 0 saturated carbocycles. The molecule has 4 aromatic rings. The standard InChI is InChI=1S/C25H24N6O3S2/c1-34-21-16-17(11-12-18(21)29-36(2,32)33)31-24(23(28-25(31)35)19-8-3-5-13-26-19)20-9-7-15-30(20)22-10-4-6-14-27-22/h3-16,23-24,29H,1-2H3,(H,28,35)/t23-,24-/m1/s1. The highest BCUT2D eigenvalue weighted by Crippen LogP contribution is 2.43. The molecule has 0 aliphatic carbocycles. The first kappa shape index (κ1) is 23.8. The average molecular weight is 521 g/mol. The summed E-state index contributed by atoms with van der Waals surface area (Å²) in [6, 6.07) is 20.2. The molecule has 2 atom stereocenters. The lowest BCUT2D eigenvalue weighted by molar-refractivity contribution is 0.417. The molecular weight excluding hydrogens is 496 g/mol. The van der Waals surface area contributed by atoms with Crippen LogP contribution in [0.4, 0.5) is 11.4 Å². The van der Waals surface area contributed by atoms with E-state index in [1.165, 1.54) is 7.11 Å². The molecule has 184 valence electrons. The number of ether oxygens (including phenoxy) is 1. The van der Waals surface area contributed by atoms with Crippen molar-refractivity contribution in [2.24, 2.45) is 0 Å². The number of nitrogens with zero attached hydrogens (tertiary/aromatic N) is 4. The van der Waals surface area contributed by atoms with E-state index >= 15 is 0 Å². The smallest absolute Gasteiger partial charge is 0.229 e. The molecule has 1 fully saturated rings. The van der Waals surface area contributed by atoms with E-state index in [9.17, 15) is 8.42 Å². The number of anilines is 2. The molecule has 36 heavy (non-hydrogen) atoms. The van der Waals surface area contributed by atoms with Gasteiger partial charge in [0.2, 0.25) is 10.0 Å². The summed E-state index contributed by atoms with van der Waals surface area (Å²) in [6.07, 6.45) is 6.57. The Morgan fingerprint density at radius 1 is 1.03 bits per heavy atom. The van der Waals surface area contributed by atoms with Gasteiger partial charge in [0.05, 0.1) is 30.8 Å². The Kier molecular flexibility index (Phi) is 6.33. The summed E-state index contributed by atoms with van der Waals surface area (Å²) in [6.45, 7) is 0. The fourth-order valence-corrected chi connectivity index (χ4v) is 5.30. The summed E-state index contributed by atoms with van der Waals surface area (Å²) in [5.74, 6) is 1.15. The van der Waals surface area contributed by atoms with E-state index in [2.05, 4.69) is 20.0 Å². The van der Waals surface area contributed by atoms with Gasteiger partial charge in [-0.05, 0) is 60.7 Å². The Hall–Kier alpha value is -3.96. The van der Waals surface area contributed by atoms with Crippen molar-refractivity contribution in [3.05, 3.63) is 96.7 Å². The van der Waals surface area contributed by atoms with E-state index in [1.807, 2.05) is 70.3 Å². The summed E-state index contributed by atoms with van der Waals surface area (Å²) in [7, 11) is -1.99. The van der Waals surface area contributed by atoms with Crippen LogP contribution in [0.2, 0.25) is 0 Å². The largest absolute Gasteiger partial charge is 0.494 e. The molecule has 0 bridgehead atoms. The zero-order valence-electron chi connectivity index (χ0n) is 19.6. The lowest BCUT2D eigenvalue weighted by atomic mass is 10.0. The Labute approximate surface area is 214 Å². The number of aromatic nitrogens is 3. The fraction of sp³-hybridized carbons (Fsp3) is 0.160. The van der Waals surface area contributed by atoms with Crippen LogP contribution in [-0.4, -0.2) is 41.4 Å². The number of rotatable bonds is 7. The molecule has 3 aromatic heterocycles. The van der Waals surface area contributed by atoms with Crippen molar-refractivity contribution in [2.45, 2.75) is 12.1 Å². The maximum absolute atomic E-state index is 11.8. The maximum Gasteiger partial charge on any atom is 0.229 e. The minimum Gasteiger partial charge on any atom is -0.494 e. The van der Waals surface area contributed by atoms with Crippen molar-refractivity contribution >= 4 is 38.7 Å². The highest BCUT2D eigenvalue weighted by molar-refractivity contribution is 7.92. The van der Waals surface area contributed by atoms with Crippen LogP contribution < -0.4 is 19.7 Å². The number of benzene rings is 1. The van der Waals surface area contributed by atoms with Crippen LogP contribution in [0.15, 0.2) is 85.3 Å². The van der Waals surface area contributed by atoms with Crippen molar-refractivity contribution in [1.29, 1.82) is 0 Å². The topological polar surface area (TPSA) is 101 Å². The molecule has 0 amide bonds. The number of methoxy groups -OCH3 is 1. The highest BCUT2D eigenvalue weighted by atomic mass is 32.2. The van der Waals surface area contributed by atoms with Crippen molar-refractivity contribution in [3.8, 4) is 11.6 Å². The second-order valence-corrected chi connectivity index (χ2v) is 10.4. The quantitative estimate of drug-likeness (QED) is 0.355. The van der Waals surface area contributed by atoms with Crippen LogP contribution in [0.25, 0.3) is 5.82 Å². The van der Waals surface area contributed by atoms with Gasteiger partial charge in [-0.3, -0.25) is 9.71 Å². The SMILES string of the molecule is COc1cc(N2C(=S)N[C@H](c3ccccn3)[C@H]2c2cccn2-c2ccccn2)ccc1NS(C)(=O)=O. The minimum absolute atomic E-state index is 0.254. The highest BCUT2D eigenvalue weighted by Gasteiger charge is 2.42. The Bertz CT molecular complexity index is 1490. The predicted octanol–water partition coefficient (Wildman–Crippen LogP) is 3.82. The van der Waals surface area contributed by atoms with E-state index in [4.69, 9.17) is 17.0 Å². The first-order chi connectivity index (χ1) is 17.4. The van der Waals surface area contributed by atoms with Crippen LogP contribution in [0.1, 0.15) is 23.5 Å². The number of sulfonamides is 1. The van der Waals surface area contributed by atoms with Gasteiger partial charge in [-0.2, -0.15) is 0 Å². The molecule has 1 aliphatic rings. The average Bonchev–Trinajstić information content (AvgIpc) is 3.49. The molecule has 1 aromatic carbocycles. The van der Waals surface area contributed by atoms with Crippen LogP contribution >= 0.6 is 12.2 Å². The number of hydrogen-bond acceptors (Lipinski definition) is 6.